The maximum absolute atomic E-state index is 12.7. The van der Waals surface area contributed by atoms with Crippen molar-refractivity contribution in [1.29, 1.82) is 0 Å². The number of benzene rings is 2. The molecule has 0 spiro atoms. The molecule has 3 heterocycles. The summed E-state index contributed by atoms with van der Waals surface area (Å²) in [6.07, 6.45) is 0.703. The van der Waals surface area contributed by atoms with E-state index >= 15 is 0 Å². The normalized spacial score (nSPS) is 15.3. The molecule has 194 valence electrons. The van der Waals surface area contributed by atoms with Gasteiger partial charge < -0.3 is 9.88 Å². The topological polar surface area (TPSA) is 79.2 Å². The van der Waals surface area contributed by atoms with Crippen LogP contribution in [0.4, 0.5) is 0 Å². The van der Waals surface area contributed by atoms with Gasteiger partial charge in [0, 0.05) is 52.7 Å². The molecule has 2 aromatic heterocycles. The van der Waals surface area contributed by atoms with Crippen molar-refractivity contribution in [3.8, 4) is 0 Å². The van der Waals surface area contributed by atoms with E-state index in [4.69, 9.17) is 4.98 Å². The maximum atomic E-state index is 12.7. The first-order valence-corrected chi connectivity index (χ1v) is 13.2. The average molecular weight is 501 g/mol. The summed E-state index contributed by atoms with van der Waals surface area (Å²) < 4.78 is 2.79. The number of fused-ring (bicyclic) bond motifs is 1. The molecule has 0 radical (unpaired) electrons. The summed E-state index contributed by atoms with van der Waals surface area (Å²) >= 11 is 0. The molecule has 1 saturated heterocycles. The summed E-state index contributed by atoms with van der Waals surface area (Å²) in [5, 5.41) is 0. The van der Waals surface area contributed by atoms with Crippen molar-refractivity contribution in [2.24, 2.45) is 13.0 Å². The highest BCUT2D eigenvalue weighted by atomic mass is 16.2. The van der Waals surface area contributed by atoms with Crippen LogP contribution >= 0.6 is 0 Å². The number of aromatic amines is 1. The van der Waals surface area contributed by atoms with Crippen molar-refractivity contribution in [2.45, 2.75) is 32.9 Å². The predicted octanol–water partition coefficient (Wildman–Crippen LogP) is 3.03. The molecule has 0 amide bonds. The first-order chi connectivity index (χ1) is 17.9. The van der Waals surface area contributed by atoms with Crippen LogP contribution in [0.3, 0.4) is 0 Å². The molecule has 8 nitrogen and oxygen atoms in total. The highest BCUT2D eigenvalue weighted by molar-refractivity contribution is 5.69. The summed E-state index contributed by atoms with van der Waals surface area (Å²) in [6, 6.07) is 21.7. The molecule has 1 aliphatic heterocycles. The lowest BCUT2D eigenvalue weighted by Crippen LogP contribution is -2.48. The molecule has 1 N–H and O–H groups in total. The number of hydrogen-bond donors (Lipinski definition) is 1. The van der Waals surface area contributed by atoms with Crippen LogP contribution in [-0.2, 0) is 20.0 Å². The number of rotatable bonds is 8. The third-order valence-corrected chi connectivity index (χ3v) is 7.24. The Kier molecular flexibility index (Phi) is 7.39. The lowest BCUT2D eigenvalue weighted by Gasteiger charge is -2.39. The molecule has 0 atom stereocenters. The Labute approximate surface area is 217 Å². The van der Waals surface area contributed by atoms with Crippen molar-refractivity contribution in [2.75, 3.05) is 32.7 Å². The van der Waals surface area contributed by atoms with Crippen LogP contribution in [0.25, 0.3) is 11.2 Å². The molecule has 8 heteroatoms. The quantitative estimate of drug-likeness (QED) is 0.402. The van der Waals surface area contributed by atoms with E-state index in [-0.39, 0.29) is 23.2 Å². The third-order valence-electron chi connectivity index (χ3n) is 7.24. The van der Waals surface area contributed by atoms with E-state index in [1.807, 2.05) is 0 Å². The average Bonchev–Trinajstić information content (AvgIpc) is 3.35. The summed E-state index contributed by atoms with van der Waals surface area (Å²) in [6.45, 7) is 9.37. The van der Waals surface area contributed by atoms with Crippen LogP contribution in [0, 0.1) is 5.92 Å². The fourth-order valence-electron chi connectivity index (χ4n) is 5.32. The summed E-state index contributed by atoms with van der Waals surface area (Å²) in [5.74, 6) is 1.02. The Balaban J connectivity index is 1.28. The Morgan fingerprint density at radius 3 is 2.05 bits per heavy atom. The predicted molar refractivity (Wildman–Crippen MR) is 147 cm³/mol. The van der Waals surface area contributed by atoms with Gasteiger partial charge in [0.1, 0.15) is 11.3 Å². The molecule has 0 bridgehead atoms. The van der Waals surface area contributed by atoms with Crippen LogP contribution in [-0.4, -0.2) is 61.6 Å². The van der Waals surface area contributed by atoms with Gasteiger partial charge in [0.05, 0.1) is 6.04 Å². The van der Waals surface area contributed by atoms with Crippen LogP contribution in [0.2, 0.25) is 0 Å². The Morgan fingerprint density at radius 2 is 1.49 bits per heavy atom. The standard InChI is InChI=1S/C29H36N6O2/c1-21(2)20-35-27-25(28(36)32(3)29(35)37)30-24(31-27)14-15-33-16-18-34(19-17-33)26(22-10-6-4-7-11-22)23-12-8-5-9-13-23/h4-13,21,26H,14-20H2,1-3H3,(H,30,31). The van der Waals surface area contributed by atoms with E-state index in [0.717, 1.165) is 38.5 Å². The lowest BCUT2D eigenvalue weighted by atomic mass is 9.96. The Hall–Kier alpha value is -3.49. The van der Waals surface area contributed by atoms with Crippen molar-refractivity contribution in [3.63, 3.8) is 0 Å². The molecule has 4 aromatic rings. The minimum atomic E-state index is -0.319. The first kappa shape index (κ1) is 25.2. The van der Waals surface area contributed by atoms with Gasteiger partial charge in [-0.3, -0.25) is 18.8 Å². The largest absolute Gasteiger partial charge is 0.336 e. The van der Waals surface area contributed by atoms with Crippen LogP contribution in [0.5, 0.6) is 0 Å². The summed E-state index contributed by atoms with van der Waals surface area (Å²) in [4.78, 5) is 38.3. The van der Waals surface area contributed by atoms with Gasteiger partial charge in [0.15, 0.2) is 5.65 Å². The maximum Gasteiger partial charge on any atom is 0.332 e. The van der Waals surface area contributed by atoms with Crippen molar-refractivity contribution >= 4 is 11.2 Å². The molecule has 1 aliphatic rings. The monoisotopic (exact) mass is 500 g/mol. The molecule has 0 unspecified atom stereocenters. The second-order valence-electron chi connectivity index (χ2n) is 10.4. The zero-order valence-electron chi connectivity index (χ0n) is 21.9. The zero-order valence-corrected chi connectivity index (χ0v) is 21.9. The van der Waals surface area contributed by atoms with E-state index in [1.54, 1.807) is 4.57 Å². The van der Waals surface area contributed by atoms with Crippen LogP contribution in [0.15, 0.2) is 70.3 Å². The SMILES string of the molecule is CC(C)Cn1c(=O)n(C)c(=O)c2[nH]c(CCN3CCN(C(c4ccccc4)c4ccccc4)CC3)nc21. The number of nitrogens with one attached hydrogen (secondary N) is 1. The van der Waals surface area contributed by atoms with Crippen molar-refractivity contribution < 1.29 is 0 Å². The molecule has 1 fully saturated rings. The number of nitrogens with zero attached hydrogens (tertiary/aromatic N) is 5. The van der Waals surface area contributed by atoms with Crippen LogP contribution < -0.4 is 11.2 Å². The molecule has 2 aromatic carbocycles. The zero-order chi connectivity index (χ0) is 25.9. The van der Waals surface area contributed by atoms with Crippen molar-refractivity contribution in [1.82, 2.24) is 28.9 Å². The summed E-state index contributed by atoms with van der Waals surface area (Å²) in [5.41, 5.74) is 2.88. The molecule has 5 rings (SSSR count). The number of imidazole rings is 1. The van der Waals surface area contributed by atoms with Gasteiger partial charge in [0.25, 0.3) is 5.56 Å². The minimum absolute atomic E-state index is 0.244. The van der Waals surface area contributed by atoms with Crippen LogP contribution in [0.1, 0.15) is 36.8 Å². The second-order valence-corrected chi connectivity index (χ2v) is 10.4. The highest BCUT2D eigenvalue weighted by Crippen LogP contribution is 2.29. The molecule has 0 aliphatic carbocycles. The smallest absolute Gasteiger partial charge is 0.332 e. The lowest BCUT2D eigenvalue weighted by molar-refractivity contribution is 0.110. The molecule has 37 heavy (non-hydrogen) atoms. The van der Waals surface area contributed by atoms with Gasteiger partial charge in [-0.2, -0.15) is 0 Å². The number of piperazine rings is 1. The fraction of sp³-hybridized carbons (Fsp3) is 0.414. The van der Waals surface area contributed by atoms with E-state index in [9.17, 15) is 9.59 Å². The number of hydrogen-bond acceptors (Lipinski definition) is 5. The van der Waals surface area contributed by atoms with Gasteiger partial charge in [-0.15, -0.1) is 0 Å². The van der Waals surface area contributed by atoms with Gasteiger partial charge >= 0.3 is 5.69 Å². The summed E-state index contributed by atoms with van der Waals surface area (Å²) in [7, 11) is 1.53. The Bertz CT molecular complexity index is 1410. The minimum Gasteiger partial charge on any atom is -0.336 e. The first-order valence-electron chi connectivity index (χ1n) is 13.2. The second kappa shape index (κ2) is 10.9. The molecular weight excluding hydrogens is 464 g/mol. The number of aromatic nitrogens is 4. The van der Waals surface area contributed by atoms with E-state index < -0.39 is 0 Å². The van der Waals surface area contributed by atoms with E-state index in [1.165, 1.54) is 22.7 Å². The molecular formula is C29H36N6O2. The van der Waals surface area contributed by atoms with Crippen molar-refractivity contribution in [3.05, 3.63) is 98.5 Å². The third kappa shape index (κ3) is 5.31. The van der Waals surface area contributed by atoms with E-state index in [0.29, 0.717) is 24.1 Å². The Morgan fingerprint density at radius 1 is 0.892 bits per heavy atom. The fourth-order valence-corrected chi connectivity index (χ4v) is 5.32. The van der Waals surface area contributed by atoms with Gasteiger partial charge in [-0.1, -0.05) is 74.5 Å². The van der Waals surface area contributed by atoms with Gasteiger partial charge in [-0.25, -0.2) is 9.78 Å². The highest BCUT2D eigenvalue weighted by Gasteiger charge is 2.26. The van der Waals surface area contributed by atoms with E-state index in [2.05, 4.69) is 89.3 Å². The molecule has 0 saturated carbocycles. The number of H-pyrrole nitrogens is 1. The van der Waals surface area contributed by atoms with Gasteiger partial charge in [-0.05, 0) is 17.0 Å². The van der Waals surface area contributed by atoms with Gasteiger partial charge in [0.2, 0.25) is 0 Å².